The molecule has 1 atom stereocenters. The molecule has 121 valence electrons. The highest BCUT2D eigenvalue weighted by atomic mass is 14.2. The first-order valence-corrected chi connectivity index (χ1v) is 9.59. The second kappa shape index (κ2) is 15.4. The van der Waals surface area contributed by atoms with Crippen LogP contribution in [0.5, 0.6) is 0 Å². The maximum atomic E-state index is 2.71. The van der Waals surface area contributed by atoms with Crippen molar-refractivity contribution in [2.75, 3.05) is 0 Å². The first-order valence-electron chi connectivity index (χ1n) is 9.59. The summed E-state index contributed by atoms with van der Waals surface area (Å²) in [5.74, 6) is 1.73. The molecule has 0 aliphatic rings. The quantitative estimate of drug-likeness (QED) is 0.271. The van der Waals surface area contributed by atoms with Gasteiger partial charge in [0.15, 0.2) is 0 Å². The van der Waals surface area contributed by atoms with Crippen LogP contribution in [-0.2, 0) is 0 Å². The van der Waals surface area contributed by atoms with Crippen molar-refractivity contribution < 1.29 is 0 Å². The lowest BCUT2D eigenvalue weighted by Crippen LogP contribution is -2.08. The lowest BCUT2D eigenvalue weighted by molar-refractivity contribution is 0.402. The van der Waals surface area contributed by atoms with Crippen molar-refractivity contribution in [3.8, 4) is 0 Å². The molecular formula is C20H41. The molecule has 0 heteroatoms. The average molecular weight is 282 g/mol. The molecule has 20 heavy (non-hydrogen) atoms. The Kier molecular flexibility index (Phi) is 15.4. The molecule has 0 fully saturated rings. The molecular weight excluding hydrogens is 240 g/mol. The van der Waals surface area contributed by atoms with E-state index in [1.54, 1.807) is 0 Å². The second-order valence-electron chi connectivity index (χ2n) is 6.77. The van der Waals surface area contributed by atoms with Crippen molar-refractivity contribution in [2.45, 2.75) is 111 Å². The lowest BCUT2D eigenvalue weighted by Gasteiger charge is -2.21. The van der Waals surface area contributed by atoms with E-state index in [1.165, 1.54) is 83.5 Å². The van der Waals surface area contributed by atoms with E-state index in [0.717, 1.165) is 11.8 Å². The summed E-state index contributed by atoms with van der Waals surface area (Å²) in [7, 11) is 0. The third-order valence-corrected chi connectivity index (χ3v) is 4.47. The van der Waals surface area contributed by atoms with E-state index in [0.29, 0.717) is 0 Å². The van der Waals surface area contributed by atoms with E-state index in [1.807, 2.05) is 0 Å². The van der Waals surface area contributed by atoms with Crippen LogP contribution < -0.4 is 0 Å². The standard InChI is InChI=1S/C20H41/c1-5-8-11-14-15-19(4)18-20(16-12-9-6-2)17-13-10-7-3/h18-20H,5-17H2,1-4H3. The zero-order chi connectivity index (χ0) is 15.1. The van der Waals surface area contributed by atoms with Crippen LogP contribution in [0, 0.1) is 18.3 Å². The first kappa shape index (κ1) is 20.0. The highest BCUT2D eigenvalue weighted by molar-refractivity contribution is 4.81. The van der Waals surface area contributed by atoms with Crippen LogP contribution in [0.1, 0.15) is 111 Å². The third-order valence-electron chi connectivity index (χ3n) is 4.47. The molecule has 1 unspecified atom stereocenters. The van der Waals surface area contributed by atoms with Crippen molar-refractivity contribution in [1.29, 1.82) is 0 Å². The van der Waals surface area contributed by atoms with Crippen LogP contribution in [0.4, 0.5) is 0 Å². The summed E-state index contributed by atoms with van der Waals surface area (Å²) in [5.41, 5.74) is 0. The van der Waals surface area contributed by atoms with Gasteiger partial charge < -0.3 is 0 Å². The lowest BCUT2D eigenvalue weighted by atomic mass is 9.85. The monoisotopic (exact) mass is 281 g/mol. The minimum atomic E-state index is 0.833. The van der Waals surface area contributed by atoms with Crippen molar-refractivity contribution in [2.24, 2.45) is 11.8 Å². The zero-order valence-electron chi connectivity index (χ0n) is 14.9. The maximum Gasteiger partial charge on any atom is -0.0326 e. The molecule has 0 heterocycles. The molecule has 1 radical (unpaired) electrons. The molecule has 0 spiro atoms. The molecule has 0 aliphatic heterocycles. The molecule has 0 amide bonds. The normalized spacial score (nSPS) is 13.1. The third kappa shape index (κ3) is 13.0. The van der Waals surface area contributed by atoms with Gasteiger partial charge in [-0.05, 0) is 18.3 Å². The van der Waals surface area contributed by atoms with E-state index in [-0.39, 0.29) is 0 Å². The van der Waals surface area contributed by atoms with Gasteiger partial charge in [0.05, 0.1) is 0 Å². The Morgan fingerprint density at radius 2 is 1.05 bits per heavy atom. The van der Waals surface area contributed by atoms with Gasteiger partial charge in [-0.25, -0.2) is 0 Å². The molecule has 0 aliphatic carbocycles. The topological polar surface area (TPSA) is 0 Å². The van der Waals surface area contributed by atoms with E-state index in [2.05, 4.69) is 34.1 Å². The number of unbranched alkanes of at least 4 members (excludes halogenated alkanes) is 7. The summed E-state index contributed by atoms with van der Waals surface area (Å²) >= 11 is 0. The van der Waals surface area contributed by atoms with E-state index in [9.17, 15) is 0 Å². The van der Waals surface area contributed by atoms with Gasteiger partial charge in [0.1, 0.15) is 0 Å². The summed E-state index contributed by atoms with van der Waals surface area (Å²) in [6.45, 7) is 9.37. The Labute approximate surface area is 130 Å². The molecule has 0 rings (SSSR count). The van der Waals surface area contributed by atoms with Crippen LogP contribution in [0.25, 0.3) is 0 Å². The molecule has 0 saturated heterocycles. The van der Waals surface area contributed by atoms with Crippen molar-refractivity contribution in [3.63, 3.8) is 0 Å². The van der Waals surface area contributed by atoms with Gasteiger partial charge in [-0.15, -0.1) is 0 Å². The van der Waals surface area contributed by atoms with Gasteiger partial charge in [0, 0.05) is 0 Å². The van der Waals surface area contributed by atoms with Crippen LogP contribution in [0.15, 0.2) is 0 Å². The smallest absolute Gasteiger partial charge is 0.0326 e. The van der Waals surface area contributed by atoms with E-state index in [4.69, 9.17) is 0 Å². The zero-order valence-corrected chi connectivity index (χ0v) is 14.9. The van der Waals surface area contributed by atoms with E-state index < -0.39 is 0 Å². The highest BCUT2D eigenvalue weighted by Crippen LogP contribution is 2.26. The Morgan fingerprint density at radius 1 is 0.600 bits per heavy atom. The van der Waals surface area contributed by atoms with Crippen molar-refractivity contribution in [3.05, 3.63) is 6.42 Å². The van der Waals surface area contributed by atoms with Gasteiger partial charge in [-0.3, -0.25) is 0 Å². The van der Waals surface area contributed by atoms with Crippen molar-refractivity contribution >= 4 is 0 Å². The first-order chi connectivity index (χ1) is 9.74. The van der Waals surface area contributed by atoms with Gasteiger partial charge in [-0.1, -0.05) is 111 Å². The minimum absolute atomic E-state index is 0.833. The minimum Gasteiger partial charge on any atom is -0.0654 e. The number of rotatable bonds is 15. The molecule has 0 aromatic carbocycles. The maximum absolute atomic E-state index is 2.71. The molecule has 0 nitrogen and oxygen atoms in total. The molecule has 0 saturated carbocycles. The second-order valence-corrected chi connectivity index (χ2v) is 6.77. The molecule has 0 aromatic rings. The Balaban J connectivity index is 3.84. The summed E-state index contributed by atoms with van der Waals surface area (Å²) in [6.07, 6.45) is 21.1. The summed E-state index contributed by atoms with van der Waals surface area (Å²) in [5, 5.41) is 0. The summed E-state index contributed by atoms with van der Waals surface area (Å²) in [6, 6.07) is 0. The van der Waals surface area contributed by atoms with Crippen LogP contribution >= 0.6 is 0 Å². The van der Waals surface area contributed by atoms with E-state index >= 15 is 0 Å². The predicted molar refractivity (Wildman–Crippen MR) is 94.0 cm³/mol. The SMILES string of the molecule is CCCCCCC(C)[CH]C(CCCCC)CCCCC. The molecule has 0 bridgehead atoms. The highest BCUT2D eigenvalue weighted by Gasteiger charge is 2.13. The van der Waals surface area contributed by atoms with Gasteiger partial charge in [-0.2, -0.15) is 0 Å². The summed E-state index contributed by atoms with van der Waals surface area (Å²) in [4.78, 5) is 0. The Hall–Kier alpha value is 0. The fraction of sp³-hybridized carbons (Fsp3) is 0.950. The fourth-order valence-corrected chi connectivity index (χ4v) is 3.10. The summed E-state index contributed by atoms with van der Waals surface area (Å²) < 4.78 is 0. The van der Waals surface area contributed by atoms with Gasteiger partial charge >= 0.3 is 0 Å². The van der Waals surface area contributed by atoms with Crippen LogP contribution in [-0.4, -0.2) is 0 Å². The van der Waals surface area contributed by atoms with Crippen LogP contribution in [0.2, 0.25) is 0 Å². The average Bonchev–Trinajstić information content (AvgIpc) is 2.44. The molecule has 0 aromatic heterocycles. The Bertz CT molecular complexity index is 163. The largest absolute Gasteiger partial charge is 0.0654 e. The van der Waals surface area contributed by atoms with Gasteiger partial charge in [0.2, 0.25) is 0 Å². The molecule has 0 N–H and O–H groups in total. The van der Waals surface area contributed by atoms with Gasteiger partial charge in [0.25, 0.3) is 0 Å². The number of hydrogen-bond donors (Lipinski definition) is 0. The fourth-order valence-electron chi connectivity index (χ4n) is 3.10. The Morgan fingerprint density at radius 3 is 1.55 bits per heavy atom. The predicted octanol–water partition coefficient (Wildman–Crippen LogP) is 7.57. The van der Waals surface area contributed by atoms with Crippen molar-refractivity contribution in [1.82, 2.24) is 0 Å². The van der Waals surface area contributed by atoms with Crippen LogP contribution in [0.3, 0.4) is 0 Å². The number of hydrogen-bond acceptors (Lipinski definition) is 0.